The van der Waals surface area contributed by atoms with Gasteiger partial charge in [0.25, 0.3) is 0 Å². The van der Waals surface area contributed by atoms with Crippen LogP contribution in [0.15, 0.2) is 47.5 Å². The number of hydrogen-bond donors (Lipinski definition) is 1. The standard InChI is InChI=1S/C17H14F3N3O2S/c1-10-9-12(7-8-21-10)16-22-14(15(23-16)17(18,19)20)11-3-5-13(6-4-11)26(2,24)25/h3-9H,1-2H3,(H,22,23). The highest BCUT2D eigenvalue weighted by Crippen LogP contribution is 2.37. The van der Waals surface area contributed by atoms with E-state index in [-0.39, 0.29) is 22.0 Å². The van der Waals surface area contributed by atoms with E-state index in [1.54, 1.807) is 19.1 Å². The van der Waals surface area contributed by atoms with Crippen LogP contribution in [0.25, 0.3) is 22.6 Å². The highest BCUT2D eigenvalue weighted by molar-refractivity contribution is 7.90. The second kappa shape index (κ2) is 6.24. The highest BCUT2D eigenvalue weighted by atomic mass is 32.2. The fourth-order valence-corrected chi connectivity index (χ4v) is 3.11. The van der Waals surface area contributed by atoms with E-state index < -0.39 is 21.7 Å². The molecular formula is C17H14F3N3O2S. The van der Waals surface area contributed by atoms with E-state index in [2.05, 4.69) is 15.0 Å². The molecule has 0 saturated heterocycles. The van der Waals surface area contributed by atoms with E-state index in [0.717, 1.165) is 6.26 Å². The molecule has 2 heterocycles. The van der Waals surface area contributed by atoms with Gasteiger partial charge in [-0.05, 0) is 31.2 Å². The number of hydrogen-bond acceptors (Lipinski definition) is 4. The monoisotopic (exact) mass is 381 g/mol. The van der Waals surface area contributed by atoms with Crippen LogP contribution in [0.5, 0.6) is 0 Å². The minimum Gasteiger partial charge on any atom is -0.334 e. The van der Waals surface area contributed by atoms with Gasteiger partial charge in [0.2, 0.25) is 0 Å². The molecule has 0 aliphatic rings. The van der Waals surface area contributed by atoms with E-state index >= 15 is 0 Å². The van der Waals surface area contributed by atoms with E-state index in [9.17, 15) is 21.6 Å². The Kier molecular flexibility index (Phi) is 4.35. The first-order valence-corrected chi connectivity index (χ1v) is 9.35. The van der Waals surface area contributed by atoms with E-state index in [0.29, 0.717) is 11.3 Å². The molecule has 2 aromatic heterocycles. The molecule has 0 atom stereocenters. The van der Waals surface area contributed by atoms with Gasteiger partial charge in [-0.1, -0.05) is 12.1 Å². The Hall–Kier alpha value is -2.68. The normalized spacial score (nSPS) is 12.3. The van der Waals surface area contributed by atoms with Gasteiger partial charge in [-0.25, -0.2) is 13.4 Å². The second-order valence-corrected chi connectivity index (χ2v) is 7.80. The molecule has 1 N–H and O–H groups in total. The number of alkyl halides is 3. The van der Waals surface area contributed by atoms with E-state index in [1.165, 1.54) is 30.5 Å². The number of sulfone groups is 1. The fraction of sp³-hybridized carbons (Fsp3) is 0.176. The lowest BCUT2D eigenvalue weighted by molar-refractivity contribution is -0.140. The minimum absolute atomic E-state index is 0.0235. The maximum absolute atomic E-state index is 13.4. The second-order valence-electron chi connectivity index (χ2n) is 5.79. The van der Waals surface area contributed by atoms with Gasteiger partial charge >= 0.3 is 6.18 Å². The summed E-state index contributed by atoms with van der Waals surface area (Å²) in [7, 11) is -3.44. The summed E-state index contributed by atoms with van der Waals surface area (Å²) >= 11 is 0. The molecule has 0 saturated carbocycles. The molecular weight excluding hydrogens is 367 g/mol. The third kappa shape index (κ3) is 3.62. The van der Waals surface area contributed by atoms with Crippen molar-refractivity contribution in [2.24, 2.45) is 0 Å². The number of rotatable bonds is 3. The van der Waals surface area contributed by atoms with Gasteiger partial charge < -0.3 is 4.98 Å². The number of halogens is 3. The lowest BCUT2D eigenvalue weighted by atomic mass is 10.1. The van der Waals surface area contributed by atoms with Crippen LogP contribution in [-0.2, 0) is 16.0 Å². The SMILES string of the molecule is Cc1cc(-c2nc(-c3ccc(S(C)(=O)=O)cc3)c(C(F)(F)F)[nH]2)ccn1. The summed E-state index contributed by atoms with van der Waals surface area (Å²) < 4.78 is 63.3. The molecule has 0 spiro atoms. The third-order valence-corrected chi connectivity index (χ3v) is 4.84. The van der Waals surface area contributed by atoms with Gasteiger partial charge in [0.1, 0.15) is 17.2 Å². The first-order chi connectivity index (χ1) is 12.1. The largest absolute Gasteiger partial charge is 0.433 e. The van der Waals surface area contributed by atoms with Crippen molar-refractivity contribution >= 4 is 9.84 Å². The molecule has 0 amide bonds. The summed E-state index contributed by atoms with van der Waals surface area (Å²) in [5.41, 5.74) is 0.00242. The van der Waals surface area contributed by atoms with Gasteiger partial charge in [0, 0.05) is 29.3 Å². The van der Waals surface area contributed by atoms with Crippen molar-refractivity contribution in [1.82, 2.24) is 15.0 Å². The Bertz CT molecular complexity index is 1060. The summed E-state index contributed by atoms with van der Waals surface area (Å²) in [5.74, 6) is 0.0602. The maximum Gasteiger partial charge on any atom is 0.433 e. The van der Waals surface area contributed by atoms with Crippen molar-refractivity contribution in [3.05, 3.63) is 54.0 Å². The summed E-state index contributed by atoms with van der Waals surface area (Å²) in [5, 5.41) is 0. The lowest BCUT2D eigenvalue weighted by Gasteiger charge is -2.07. The Morgan fingerprint density at radius 2 is 1.69 bits per heavy atom. The van der Waals surface area contributed by atoms with Crippen LogP contribution < -0.4 is 0 Å². The van der Waals surface area contributed by atoms with Crippen LogP contribution in [0.2, 0.25) is 0 Å². The molecule has 26 heavy (non-hydrogen) atoms. The van der Waals surface area contributed by atoms with Crippen LogP contribution in [0, 0.1) is 6.92 Å². The topological polar surface area (TPSA) is 75.7 Å². The smallest absolute Gasteiger partial charge is 0.334 e. The van der Waals surface area contributed by atoms with Crippen LogP contribution in [0.3, 0.4) is 0 Å². The molecule has 9 heteroatoms. The Labute approximate surface area is 147 Å². The van der Waals surface area contributed by atoms with Crippen LogP contribution >= 0.6 is 0 Å². The van der Waals surface area contributed by atoms with Crippen LogP contribution in [-0.4, -0.2) is 29.6 Å². The summed E-state index contributed by atoms with van der Waals surface area (Å²) in [6, 6.07) is 8.32. The van der Waals surface area contributed by atoms with Gasteiger partial charge in [0.15, 0.2) is 9.84 Å². The van der Waals surface area contributed by atoms with Gasteiger partial charge in [0.05, 0.1) is 4.90 Å². The van der Waals surface area contributed by atoms with Crippen molar-refractivity contribution in [2.45, 2.75) is 18.0 Å². The number of aromatic amines is 1. The average molecular weight is 381 g/mol. The zero-order chi connectivity index (χ0) is 19.1. The maximum atomic E-state index is 13.4. The number of aryl methyl sites for hydroxylation is 1. The predicted molar refractivity (Wildman–Crippen MR) is 90.1 cm³/mol. The number of nitrogens with one attached hydrogen (secondary N) is 1. The molecule has 0 bridgehead atoms. The van der Waals surface area contributed by atoms with Crippen molar-refractivity contribution in [1.29, 1.82) is 0 Å². The van der Waals surface area contributed by atoms with Crippen molar-refractivity contribution in [2.75, 3.05) is 6.26 Å². The molecule has 0 unspecified atom stereocenters. The molecule has 3 rings (SSSR count). The first kappa shape index (κ1) is 18.1. The van der Waals surface area contributed by atoms with Gasteiger partial charge in [-0.3, -0.25) is 4.98 Å². The summed E-state index contributed by atoms with van der Waals surface area (Å²) in [6.45, 7) is 1.72. The number of aromatic nitrogens is 3. The Balaban J connectivity index is 2.14. The zero-order valence-corrected chi connectivity index (χ0v) is 14.6. The van der Waals surface area contributed by atoms with Gasteiger partial charge in [-0.15, -0.1) is 0 Å². The van der Waals surface area contributed by atoms with E-state index in [4.69, 9.17) is 0 Å². The molecule has 0 aliphatic carbocycles. The molecule has 3 aromatic rings. The quantitative estimate of drug-likeness (QED) is 0.747. The average Bonchev–Trinajstić information content (AvgIpc) is 3.00. The lowest BCUT2D eigenvalue weighted by Crippen LogP contribution is -2.07. The van der Waals surface area contributed by atoms with Gasteiger partial charge in [-0.2, -0.15) is 13.2 Å². The molecule has 0 aliphatic heterocycles. The predicted octanol–water partition coefficient (Wildman–Crippen LogP) is 3.87. The van der Waals surface area contributed by atoms with Crippen molar-refractivity contribution in [3.63, 3.8) is 0 Å². The molecule has 136 valence electrons. The summed E-state index contributed by atoms with van der Waals surface area (Å²) in [6.07, 6.45) is -2.12. The zero-order valence-electron chi connectivity index (χ0n) is 13.8. The van der Waals surface area contributed by atoms with E-state index in [1.807, 2.05) is 0 Å². The molecule has 0 fully saturated rings. The third-order valence-electron chi connectivity index (χ3n) is 3.71. The Morgan fingerprint density at radius 3 is 2.23 bits per heavy atom. The molecule has 5 nitrogen and oxygen atoms in total. The Morgan fingerprint density at radius 1 is 1.04 bits per heavy atom. The molecule has 0 radical (unpaired) electrons. The number of H-pyrrole nitrogens is 1. The minimum atomic E-state index is -4.64. The fourth-order valence-electron chi connectivity index (χ4n) is 2.48. The number of pyridine rings is 1. The van der Waals surface area contributed by atoms with Crippen LogP contribution in [0.4, 0.5) is 13.2 Å². The summed E-state index contributed by atoms with van der Waals surface area (Å²) in [4.78, 5) is 10.5. The highest BCUT2D eigenvalue weighted by Gasteiger charge is 2.37. The molecule has 1 aromatic carbocycles. The number of nitrogens with zero attached hydrogens (tertiary/aromatic N) is 2. The van der Waals surface area contributed by atoms with Crippen molar-refractivity contribution in [3.8, 4) is 22.6 Å². The van der Waals surface area contributed by atoms with Crippen molar-refractivity contribution < 1.29 is 21.6 Å². The first-order valence-electron chi connectivity index (χ1n) is 7.46. The van der Waals surface area contributed by atoms with Crippen LogP contribution in [0.1, 0.15) is 11.4 Å². The number of imidazole rings is 1. The number of benzene rings is 1.